The zero-order valence-corrected chi connectivity index (χ0v) is 12.3. The van der Waals surface area contributed by atoms with E-state index in [1.165, 1.54) is 10.4 Å². The monoisotopic (exact) mass is 301 g/mol. The fourth-order valence-electron chi connectivity index (χ4n) is 2.41. The number of rotatable bonds is 4. The van der Waals surface area contributed by atoms with Crippen LogP contribution >= 0.6 is 0 Å². The second-order valence-electron chi connectivity index (χ2n) is 5.26. The number of nitrogens with zero attached hydrogens (tertiary/aromatic N) is 1. The minimum Gasteiger partial charge on any atom is -0.477 e. The Kier molecular flexibility index (Phi) is 4.05. The van der Waals surface area contributed by atoms with Crippen LogP contribution in [0.1, 0.15) is 35.9 Å². The Bertz CT molecular complexity index is 608. The molecule has 0 bridgehead atoms. The highest BCUT2D eigenvalue weighted by Crippen LogP contribution is 2.23. The summed E-state index contributed by atoms with van der Waals surface area (Å²) < 4.78 is 28.3. The molecule has 1 aliphatic rings. The van der Waals surface area contributed by atoms with Crippen LogP contribution in [-0.4, -0.2) is 41.9 Å². The van der Waals surface area contributed by atoms with E-state index in [0.717, 1.165) is 12.8 Å². The molecule has 1 aromatic heterocycles. The number of carboxylic acid groups (broad SMARTS) is 1. The molecule has 1 saturated heterocycles. The summed E-state index contributed by atoms with van der Waals surface area (Å²) in [5.74, 6) is -0.880. The summed E-state index contributed by atoms with van der Waals surface area (Å²) >= 11 is 0. The van der Waals surface area contributed by atoms with Gasteiger partial charge in [0.15, 0.2) is 0 Å². The number of piperidine rings is 1. The number of aromatic carboxylic acids is 1. The first kappa shape index (κ1) is 14.9. The third kappa shape index (κ3) is 3.13. The zero-order valence-electron chi connectivity index (χ0n) is 11.5. The zero-order chi connectivity index (χ0) is 14.9. The van der Waals surface area contributed by atoms with E-state index in [1.807, 2.05) is 6.92 Å². The van der Waals surface area contributed by atoms with E-state index >= 15 is 0 Å². The predicted octanol–water partition coefficient (Wildman–Crippen LogP) is 1.41. The van der Waals surface area contributed by atoms with Crippen LogP contribution in [0.25, 0.3) is 0 Å². The van der Waals surface area contributed by atoms with Crippen molar-refractivity contribution in [2.24, 2.45) is 5.92 Å². The van der Waals surface area contributed by atoms with Crippen molar-refractivity contribution in [3.8, 4) is 0 Å². The van der Waals surface area contributed by atoms with Gasteiger partial charge in [-0.1, -0.05) is 6.92 Å². The summed E-state index contributed by atoms with van der Waals surface area (Å²) in [4.78, 5) is 13.7. The lowest BCUT2D eigenvalue weighted by Crippen LogP contribution is -2.42. The highest BCUT2D eigenvalue weighted by atomic mass is 32.2. The first-order valence-electron chi connectivity index (χ1n) is 6.50. The van der Waals surface area contributed by atoms with Crippen molar-refractivity contribution in [1.29, 1.82) is 0 Å². The number of aryl methyl sites for hydroxylation is 1. The van der Waals surface area contributed by atoms with Gasteiger partial charge in [0.2, 0.25) is 0 Å². The summed E-state index contributed by atoms with van der Waals surface area (Å²) in [5, 5.41) is 9.05. The summed E-state index contributed by atoms with van der Waals surface area (Å²) in [6.45, 7) is 4.60. The van der Waals surface area contributed by atoms with Crippen LogP contribution in [0.4, 0.5) is 5.69 Å². The Labute approximate surface area is 118 Å². The lowest BCUT2D eigenvalue weighted by molar-refractivity contribution is 0.0692. The SMILES string of the molecule is Cc1cc(NS(=O)(=O)N2CCCC(C)C2)c(C(=O)O)[nH]1. The van der Waals surface area contributed by atoms with Crippen molar-refractivity contribution in [2.45, 2.75) is 26.7 Å². The van der Waals surface area contributed by atoms with Gasteiger partial charge in [-0.15, -0.1) is 0 Å². The third-order valence-corrected chi connectivity index (χ3v) is 4.85. The van der Waals surface area contributed by atoms with Crippen LogP contribution in [-0.2, 0) is 10.2 Å². The summed E-state index contributed by atoms with van der Waals surface area (Å²) in [6.07, 6.45) is 1.83. The third-order valence-electron chi connectivity index (χ3n) is 3.36. The average Bonchev–Trinajstić information content (AvgIpc) is 2.69. The maximum absolute atomic E-state index is 12.3. The van der Waals surface area contributed by atoms with Gasteiger partial charge in [0, 0.05) is 18.8 Å². The summed E-state index contributed by atoms with van der Waals surface area (Å²) in [7, 11) is -3.71. The fraction of sp³-hybridized carbons (Fsp3) is 0.583. The number of carboxylic acids is 1. The average molecular weight is 301 g/mol. The Morgan fingerprint density at radius 3 is 2.85 bits per heavy atom. The highest BCUT2D eigenvalue weighted by molar-refractivity contribution is 7.90. The number of aromatic amines is 1. The fourth-order valence-corrected chi connectivity index (χ4v) is 3.79. The quantitative estimate of drug-likeness (QED) is 0.782. The predicted molar refractivity (Wildman–Crippen MR) is 75.0 cm³/mol. The maximum atomic E-state index is 12.3. The van der Waals surface area contributed by atoms with Gasteiger partial charge in [-0.2, -0.15) is 12.7 Å². The Balaban J connectivity index is 2.22. The molecular formula is C12H19N3O4S. The smallest absolute Gasteiger partial charge is 0.354 e. The molecular weight excluding hydrogens is 282 g/mol. The van der Waals surface area contributed by atoms with Crippen molar-refractivity contribution in [3.05, 3.63) is 17.5 Å². The lowest BCUT2D eigenvalue weighted by Gasteiger charge is -2.30. The minimum atomic E-state index is -3.71. The van der Waals surface area contributed by atoms with Gasteiger partial charge in [-0.05, 0) is 31.7 Å². The molecule has 3 N–H and O–H groups in total. The van der Waals surface area contributed by atoms with E-state index in [1.54, 1.807) is 6.92 Å². The van der Waals surface area contributed by atoms with Crippen LogP contribution in [0.2, 0.25) is 0 Å². The molecule has 1 aromatic rings. The maximum Gasteiger partial charge on any atom is 0.354 e. The molecule has 1 atom stereocenters. The molecule has 0 saturated carbocycles. The van der Waals surface area contributed by atoms with Crippen LogP contribution in [0.15, 0.2) is 6.07 Å². The molecule has 0 radical (unpaired) electrons. The number of H-pyrrole nitrogens is 1. The van der Waals surface area contributed by atoms with E-state index in [9.17, 15) is 13.2 Å². The number of aromatic nitrogens is 1. The molecule has 1 aliphatic heterocycles. The van der Waals surface area contributed by atoms with Gasteiger partial charge in [-0.25, -0.2) is 4.79 Å². The number of anilines is 1. The first-order chi connectivity index (χ1) is 9.29. The van der Waals surface area contributed by atoms with Crippen LogP contribution in [0.5, 0.6) is 0 Å². The van der Waals surface area contributed by atoms with Crippen molar-refractivity contribution < 1.29 is 18.3 Å². The number of hydrogen-bond acceptors (Lipinski definition) is 3. The summed E-state index contributed by atoms with van der Waals surface area (Å²) in [5.41, 5.74) is 0.525. The van der Waals surface area contributed by atoms with Gasteiger partial charge in [0.1, 0.15) is 5.69 Å². The molecule has 8 heteroatoms. The summed E-state index contributed by atoms with van der Waals surface area (Å²) in [6, 6.07) is 1.48. The van der Waals surface area contributed by atoms with E-state index in [0.29, 0.717) is 24.7 Å². The normalized spacial score (nSPS) is 20.8. The highest BCUT2D eigenvalue weighted by Gasteiger charge is 2.28. The molecule has 112 valence electrons. The van der Waals surface area contributed by atoms with E-state index < -0.39 is 16.2 Å². The van der Waals surface area contributed by atoms with Crippen molar-refractivity contribution in [2.75, 3.05) is 17.8 Å². The van der Waals surface area contributed by atoms with Crippen LogP contribution < -0.4 is 4.72 Å². The molecule has 2 rings (SSSR count). The molecule has 7 nitrogen and oxygen atoms in total. The number of carbonyl (C=O) groups is 1. The van der Waals surface area contributed by atoms with Crippen molar-refractivity contribution >= 4 is 21.9 Å². The van der Waals surface area contributed by atoms with Crippen molar-refractivity contribution in [1.82, 2.24) is 9.29 Å². The Morgan fingerprint density at radius 1 is 1.55 bits per heavy atom. The molecule has 1 unspecified atom stereocenters. The molecule has 0 spiro atoms. The van der Waals surface area contributed by atoms with Gasteiger partial charge in [0.25, 0.3) is 0 Å². The molecule has 0 aliphatic carbocycles. The molecule has 2 heterocycles. The Morgan fingerprint density at radius 2 is 2.25 bits per heavy atom. The first-order valence-corrected chi connectivity index (χ1v) is 7.94. The number of nitrogens with one attached hydrogen (secondary N) is 2. The standard InChI is InChI=1S/C12H19N3O4S/c1-8-4-3-5-15(7-8)20(18,19)14-10-6-9(2)13-11(10)12(16)17/h6,8,13-14H,3-5,7H2,1-2H3,(H,16,17). The largest absolute Gasteiger partial charge is 0.477 e. The van der Waals surface area contributed by atoms with E-state index in [4.69, 9.17) is 5.11 Å². The second kappa shape index (κ2) is 5.45. The van der Waals surface area contributed by atoms with Gasteiger partial charge in [-0.3, -0.25) is 4.72 Å². The molecule has 20 heavy (non-hydrogen) atoms. The van der Waals surface area contributed by atoms with E-state index in [2.05, 4.69) is 9.71 Å². The Hall–Kier alpha value is -1.54. The van der Waals surface area contributed by atoms with Gasteiger partial charge in [0.05, 0.1) is 5.69 Å². The molecule has 0 amide bonds. The second-order valence-corrected chi connectivity index (χ2v) is 6.93. The van der Waals surface area contributed by atoms with Crippen molar-refractivity contribution in [3.63, 3.8) is 0 Å². The van der Waals surface area contributed by atoms with Gasteiger partial charge < -0.3 is 10.1 Å². The lowest BCUT2D eigenvalue weighted by atomic mass is 10.0. The van der Waals surface area contributed by atoms with Crippen LogP contribution in [0, 0.1) is 12.8 Å². The molecule has 1 fully saturated rings. The minimum absolute atomic E-state index is 0.0771. The van der Waals surface area contributed by atoms with Gasteiger partial charge >= 0.3 is 16.2 Å². The number of hydrogen-bond donors (Lipinski definition) is 3. The topological polar surface area (TPSA) is 102 Å². The molecule has 0 aromatic carbocycles. The van der Waals surface area contributed by atoms with Crippen LogP contribution in [0.3, 0.4) is 0 Å². The van der Waals surface area contributed by atoms with E-state index in [-0.39, 0.29) is 11.4 Å².